The fourth-order valence-electron chi connectivity index (χ4n) is 4.23. The predicted octanol–water partition coefficient (Wildman–Crippen LogP) is 7.47. The zero-order valence-electron chi connectivity index (χ0n) is 19.2. The van der Waals surface area contributed by atoms with E-state index < -0.39 is 0 Å². The molecule has 1 heterocycles. The molecule has 0 amide bonds. The van der Waals surface area contributed by atoms with Crippen LogP contribution in [0.2, 0.25) is 0 Å². The van der Waals surface area contributed by atoms with Gasteiger partial charge in [0, 0.05) is 11.1 Å². The zero-order chi connectivity index (χ0) is 21.3. The van der Waals surface area contributed by atoms with Gasteiger partial charge in [-0.15, -0.1) is 0 Å². The zero-order valence-corrected chi connectivity index (χ0v) is 19.2. The Morgan fingerprint density at radius 3 is 1.03 bits per heavy atom. The topological polar surface area (TPSA) is 24.7 Å². The average molecular weight is 387 g/mol. The molecule has 1 aliphatic rings. The van der Waals surface area contributed by atoms with Crippen LogP contribution >= 0.6 is 0 Å². The van der Waals surface area contributed by atoms with Crippen LogP contribution in [0.1, 0.15) is 112 Å². The van der Waals surface area contributed by atoms with Crippen molar-refractivity contribution >= 4 is 11.4 Å². The lowest BCUT2D eigenvalue weighted by Gasteiger charge is -2.24. The molecule has 3 rings (SSSR count). The predicted molar refractivity (Wildman–Crippen MR) is 126 cm³/mol. The summed E-state index contributed by atoms with van der Waals surface area (Å²) in [5.41, 5.74) is 9.78. The molecule has 0 spiro atoms. The molecular weight excluding hydrogens is 352 g/mol. The Hall–Kier alpha value is -2.22. The summed E-state index contributed by atoms with van der Waals surface area (Å²) in [5.74, 6) is 1.66. The van der Waals surface area contributed by atoms with Gasteiger partial charge in [-0.2, -0.15) is 0 Å². The fraction of sp³-hybridized carbons (Fsp3) is 0.444. The van der Waals surface area contributed by atoms with Crippen molar-refractivity contribution < 1.29 is 0 Å². The van der Waals surface area contributed by atoms with E-state index in [0.717, 1.165) is 11.4 Å². The Balaban J connectivity index is 2.28. The van der Waals surface area contributed by atoms with Crippen LogP contribution in [-0.2, 0) is 0 Å². The molecule has 2 aromatic rings. The molecule has 1 aliphatic heterocycles. The van der Waals surface area contributed by atoms with Crippen LogP contribution in [0.5, 0.6) is 0 Å². The molecule has 0 saturated carbocycles. The van der Waals surface area contributed by atoms with E-state index in [0.29, 0.717) is 23.7 Å². The standard InChI is InChI=1S/C27H34N2/c1-16(2)20-11-9-12-21(17(3)4)24(20)26-27(29-15-28-26)25-22(18(5)6)13-10-14-23(25)19(7)8/h9-14,16-19H,1-8H3. The first kappa shape index (κ1) is 21.5. The van der Waals surface area contributed by atoms with Crippen LogP contribution in [0.3, 0.4) is 0 Å². The van der Waals surface area contributed by atoms with Crippen LogP contribution in [0, 0.1) is 6.67 Å². The Morgan fingerprint density at radius 2 is 0.793 bits per heavy atom. The van der Waals surface area contributed by atoms with Crippen LogP contribution in [-0.4, -0.2) is 11.4 Å². The van der Waals surface area contributed by atoms with Gasteiger partial charge in [-0.1, -0.05) is 91.8 Å². The summed E-state index contributed by atoms with van der Waals surface area (Å²) in [6, 6.07) is 13.3. The summed E-state index contributed by atoms with van der Waals surface area (Å²) in [7, 11) is 0. The van der Waals surface area contributed by atoms with E-state index in [-0.39, 0.29) is 0 Å². The molecule has 152 valence electrons. The molecule has 2 aromatic carbocycles. The normalized spacial score (nSPS) is 14.3. The van der Waals surface area contributed by atoms with Crippen LogP contribution in [0.15, 0.2) is 46.4 Å². The van der Waals surface area contributed by atoms with Crippen molar-refractivity contribution in [2.24, 2.45) is 9.98 Å². The maximum atomic E-state index is 4.71. The second-order valence-corrected chi connectivity index (χ2v) is 9.26. The van der Waals surface area contributed by atoms with Crippen LogP contribution < -0.4 is 0 Å². The minimum atomic E-state index is 0.415. The van der Waals surface area contributed by atoms with Crippen molar-refractivity contribution in [3.63, 3.8) is 0 Å². The van der Waals surface area contributed by atoms with Gasteiger partial charge in [0.1, 0.15) is 0 Å². The SMILES string of the molecule is CC(C)c1cccc(C(C)C)c1C1=N[C]N=C1c1c(C(C)C)cccc1C(C)C. The van der Waals surface area contributed by atoms with Gasteiger partial charge < -0.3 is 0 Å². The highest BCUT2D eigenvalue weighted by Gasteiger charge is 2.29. The third-order valence-corrected chi connectivity index (χ3v) is 5.77. The molecule has 0 N–H and O–H groups in total. The maximum Gasteiger partial charge on any atom is 0.251 e. The van der Waals surface area contributed by atoms with Crippen molar-refractivity contribution in [3.8, 4) is 0 Å². The van der Waals surface area contributed by atoms with Gasteiger partial charge in [-0.05, 0) is 45.9 Å². The molecule has 0 saturated heterocycles. The first-order valence-electron chi connectivity index (χ1n) is 10.9. The van der Waals surface area contributed by atoms with Crippen molar-refractivity contribution in [1.82, 2.24) is 0 Å². The molecular formula is C27H34N2. The van der Waals surface area contributed by atoms with E-state index in [2.05, 4.69) is 98.5 Å². The van der Waals surface area contributed by atoms with E-state index in [1.54, 1.807) is 0 Å². The van der Waals surface area contributed by atoms with E-state index in [9.17, 15) is 0 Å². The third-order valence-electron chi connectivity index (χ3n) is 5.77. The van der Waals surface area contributed by atoms with Crippen LogP contribution in [0.25, 0.3) is 0 Å². The second-order valence-electron chi connectivity index (χ2n) is 9.26. The Morgan fingerprint density at radius 1 is 0.517 bits per heavy atom. The number of benzene rings is 2. The smallest absolute Gasteiger partial charge is 0.243 e. The van der Waals surface area contributed by atoms with Gasteiger partial charge in [-0.3, -0.25) is 0 Å². The summed E-state index contributed by atoms with van der Waals surface area (Å²) < 4.78 is 0. The molecule has 0 unspecified atom stereocenters. The summed E-state index contributed by atoms with van der Waals surface area (Å²) in [4.78, 5) is 9.43. The first-order valence-corrected chi connectivity index (χ1v) is 10.9. The van der Waals surface area contributed by atoms with Gasteiger partial charge in [0.2, 0.25) is 0 Å². The number of nitrogens with zero attached hydrogens (tertiary/aromatic N) is 2. The van der Waals surface area contributed by atoms with Crippen LogP contribution in [0.4, 0.5) is 0 Å². The summed E-state index contributed by atoms with van der Waals surface area (Å²) in [6.07, 6.45) is 0. The molecule has 29 heavy (non-hydrogen) atoms. The van der Waals surface area contributed by atoms with Crippen molar-refractivity contribution in [2.45, 2.75) is 79.1 Å². The minimum Gasteiger partial charge on any atom is -0.243 e. The highest BCUT2D eigenvalue weighted by Crippen LogP contribution is 2.35. The van der Waals surface area contributed by atoms with E-state index in [4.69, 9.17) is 9.98 Å². The van der Waals surface area contributed by atoms with Crippen molar-refractivity contribution in [1.29, 1.82) is 0 Å². The second kappa shape index (κ2) is 8.65. The Kier molecular flexibility index (Phi) is 6.41. The molecule has 0 bridgehead atoms. The summed E-state index contributed by atoms with van der Waals surface area (Å²) >= 11 is 0. The number of rotatable bonds is 6. The number of hydrogen-bond donors (Lipinski definition) is 0. The minimum absolute atomic E-state index is 0.415. The monoisotopic (exact) mass is 386 g/mol. The Labute approximate surface area is 177 Å². The molecule has 0 aliphatic carbocycles. The average Bonchev–Trinajstić information content (AvgIpc) is 3.15. The molecule has 0 aromatic heterocycles. The summed E-state index contributed by atoms with van der Waals surface area (Å²) in [5, 5.41) is 0. The van der Waals surface area contributed by atoms with Gasteiger partial charge in [-0.25, -0.2) is 9.98 Å². The molecule has 2 heteroatoms. The molecule has 2 nitrogen and oxygen atoms in total. The van der Waals surface area contributed by atoms with E-state index in [1.165, 1.54) is 33.4 Å². The van der Waals surface area contributed by atoms with Crippen molar-refractivity contribution in [3.05, 3.63) is 76.4 Å². The lowest BCUT2D eigenvalue weighted by molar-refractivity contribution is 0.827. The van der Waals surface area contributed by atoms with Gasteiger partial charge in [0.15, 0.2) is 0 Å². The molecule has 0 fully saturated rings. The van der Waals surface area contributed by atoms with Gasteiger partial charge in [0.05, 0.1) is 11.4 Å². The molecule has 2 radical (unpaired) electrons. The lowest BCUT2D eigenvalue weighted by atomic mass is 9.80. The maximum absolute atomic E-state index is 4.71. The van der Waals surface area contributed by atoms with Gasteiger partial charge >= 0.3 is 0 Å². The highest BCUT2D eigenvalue weighted by molar-refractivity contribution is 6.55. The summed E-state index contributed by atoms with van der Waals surface area (Å²) in [6.45, 7) is 21.0. The lowest BCUT2D eigenvalue weighted by Crippen LogP contribution is -2.22. The Bertz CT molecular complexity index is 813. The fourth-order valence-corrected chi connectivity index (χ4v) is 4.23. The van der Waals surface area contributed by atoms with Crippen molar-refractivity contribution in [2.75, 3.05) is 0 Å². The first-order chi connectivity index (χ1) is 13.7. The van der Waals surface area contributed by atoms with E-state index >= 15 is 0 Å². The largest absolute Gasteiger partial charge is 0.251 e. The number of hydrogen-bond acceptors (Lipinski definition) is 2. The highest BCUT2D eigenvalue weighted by atomic mass is 15.0. The quantitative estimate of drug-likeness (QED) is 0.492. The van der Waals surface area contributed by atoms with E-state index in [1.807, 2.05) is 0 Å². The third kappa shape index (κ3) is 4.08. The number of aliphatic imine (C=N–C) groups is 2. The molecule has 0 atom stereocenters. The van der Waals surface area contributed by atoms with Gasteiger partial charge in [0.25, 0.3) is 6.67 Å².